The molecule has 0 saturated carbocycles. The number of aryl methyl sites for hydroxylation is 1. The van der Waals surface area contributed by atoms with Crippen LogP contribution in [0, 0.1) is 11.6 Å². The van der Waals surface area contributed by atoms with E-state index in [-0.39, 0.29) is 11.7 Å². The van der Waals surface area contributed by atoms with Crippen LogP contribution in [0.4, 0.5) is 14.5 Å². The van der Waals surface area contributed by atoms with Crippen molar-refractivity contribution in [3.63, 3.8) is 0 Å². The van der Waals surface area contributed by atoms with Gasteiger partial charge in [-0.25, -0.2) is 8.78 Å². The van der Waals surface area contributed by atoms with Crippen molar-refractivity contribution in [2.45, 2.75) is 19.4 Å². The predicted octanol–water partition coefficient (Wildman–Crippen LogP) is 4.16. The molecule has 0 fully saturated rings. The first-order chi connectivity index (χ1) is 13.9. The largest absolute Gasteiger partial charge is 0.401 e. The van der Waals surface area contributed by atoms with Crippen LogP contribution in [-0.4, -0.2) is 16.3 Å². The summed E-state index contributed by atoms with van der Waals surface area (Å²) in [6.45, 7) is 2.52. The fourth-order valence-electron chi connectivity index (χ4n) is 3.72. The predicted molar refractivity (Wildman–Crippen MR) is 111 cm³/mol. The van der Waals surface area contributed by atoms with Crippen molar-refractivity contribution in [2.24, 2.45) is 12.8 Å². The van der Waals surface area contributed by atoms with Crippen molar-refractivity contribution in [3.8, 4) is 11.1 Å². The molecule has 1 aromatic heterocycles. The van der Waals surface area contributed by atoms with E-state index >= 15 is 0 Å². The number of allylic oxidation sites excluding steroid dienone is 1. The van der Waals surface area contributed by atoms with E-state index in [1.165, 1.54) is 12.1 Å². The molecule has 0 aliphatic carbocycles. The van der Waals surface area contributed by atoms with Gasteiger partial charge in [-0.2, -0.15) is 5.10 Å². The van der Waals surface area contributed by atoms with Gasteiger partial charge in [0.25, 0.3) is 0 Å². The fraction of sp³-hybridized carbons (Fsp3) is 0.227. The Bertz CT molecular complexity index is 1080. The molecule has 1 atom stereocenters. The molecule has 0 spiro atoms. The summed E-state index contributed by atoms with van der Waals surface area (Å²) >= 11 is 0. The van der Waals surface area contributed by atoms with E-state index in [0.29, 0.717) is 18.7 Å². The van der Waals surface area contributed by atoms with Gasteiger partial charge in [-0.15, -0.1) is 0 Å². The molecule has 1 unspecified atom stereocenters. The molecule has 4 N–H and O–H groups in total. The second-order valence-electron chi connectivity index (χ2n) is 7.30. The number of nitrogens with zero attached hydrogens (tertiary/aromatic N) is 2. The summed E-state index contributed by atoms with van der Waals surface area (Å²) in [7, 11) is 1.87. The van der Waals surface area contributed by atoms with E-state index in [4.69, 9.17) is 5.73 Å². The Balaban J connectivity index is 1.81. The van der Waals surface area contributed by atoms with Gasteiger partial charge >= 0.3 is 0 Å². The van der Waals surface area contributed by atoms with Crippen LogP contribution < -0.4 is 16.4 Å². The zero-order valence-electron chi connectivity index (χ0n) is 16.3. The molecule has 2 aromatic carbocycles. The molecule has 3 aromatic rings. The van der Waals surface area contributed by atoms with Crippen LogP contribution in [0.3, 0.4) is 0 Å². The number of hydrogen-bond acceptors (Lipinski definition) is 4. The molecular formula is C22H23F2N5. The van der Waals surface area contributed by atoms with Crippen molar-refractivity contribution < 1.29 is 8.78 Å². The number of rotatable bonds is 3. The van der Waals surface area contributed by atoms with Crippen LogP contribution in [0.15, 0.2) is 54.5 Å². The highest BCUT2D eigenvalue weighted by Crippen LogP contribution is 2.35. The Morgan fingerprint density at radius 2 is 2.03 bits per heavy atom. The number of benzene rings is 2. The fourth-order valence-corrected chi connectivity index (χ4v) is 3.72. The van der Waals surface area contributed by atoms with Gasteiger partial charge in [-0.3, -0.25) is 4.68 Å². The molecule has 1 aliphatic heterocycles. The minimum atomic E-state index is -0.613. The molecule has 0 saturated heterocycles. The third kappa shape index (κ3) is 3.81. The first-order valence-electron chi connectivity index (χ1n) is 9.47. The average Bonchev–Trinajstić information content (AvgIpc) is 3.03. The lowest BCUT2D eigenvalue weighted by Gasteiger charge is -2.21. The molecule has 7 heteroatoms. The summed E-state index contributed by atoms with van der Waals surface area (Å²) in [4.78, 5) is 0. The van der Waals surface area contributed by atoms with E-state index in [0.717, 1.165) is 34.0 Å². The average molecular weight is 395 g/mol. The quantitative estimate of drug-likeness (QED) is 0.623. The lowest BCUT2D eigenvalue weighted by atomic mass is 9.93. The molecule has 4 rings (SSSR count). The zero-order chi connectivity index (χ0) is 20.5. The lowest BCUT2D eigenvalue weighted by molar-refractivity contribution is 0.581. The maximum atomic E-state index is 14.3. The Kier molecular flexibility index (Phi) is 4.96. The highest BCUT2D eigenvalue weighted by molar-refractivity contribution is 5.75. The highest BCUT2D eigenvalue weighted by Gasteiger charge is 2.24. The van der Waals surface area contributed by atoms with Crippen LogP contribution in [0.5, 0.6) is 0 Å². The first-order valence-corrected chi connectivity index (χ1v) is 9.47. The van der Waals surface area contributed by atoms with Crippen LogP contribution in [-0.2, 0) is 7.05 Å². The molecule has 29 heavy (non-hydrogen) atoms. The van der Waals surface area contributed by atoms with Gasteiger partial charge in [-0.1, -0.05) is 12.1 Å². The second kappa shape index (κ2) is 7.58. The molecular weight excluding hydrogens is 372 g/mol. The third-order valence-corrected chi connectivity index (χ3v) is 5.12. The van der Waals surface area contributed by atoms with Crippen molar-refractivity contribution in [3.05, 3.63) is 77.3 Å². The van der Waals surface area contributed by atoms with Gasteiger partial charge in [0.1, 0.15) is 11.6 Å². The molecule has 1 aliphatic rings. The molecule has 5 nitrogen and oxygen atoms in total. The Morgan fingerprint density at radius 3 is 2.72 bits per heavy atom. The monoisotopic (exact) mass is 395 g/mol. The molecule has 2 heterocycles. The maximum Gasteiger partial charge on any atom is 0.149 e. The summed E-state index contributed by atoms with van der Waals surface area (Å²) in [6.07, 6.45) is 4.46. The normalized spacial score (nSPS) is 17.9. The van der Waals surface area contributed by atoms with Crippen molar-refractivity contribution in [2.75, 3.05) is 11.9 Å². The van der Waals surface area contributed by atoms with E-state index in [1.807, 2.05) is 38.5 Å². The number of halogens is 2. The first kappa shape index (κ1) is 19.0. The van der Waals surface area contributed by atoms with E-state index in [1.54, 1.807) is 4.68 Å². The number of hydrogen-bond donors (Lipinski definition) is 3. The van der Waals surface area contributed by atoms with Gasteiger partial charge in [0.2, 0.25) is 0 Å². The zero-order valence-corrected chi connectivity index (χ0v) is 16.3. The maximum absolute atomic E-state index is 14.3. The number of aromatic nitrogens is 2. The molecule has 0 radical (unpaired) electrons. The summed E-state index contributed by atoms with van der Waals surface area (Å²) in [6, 6.07) is 9.53. The van der Waals surface area contributed by atoms with Gasteiger partial charge < -0.3 is 16.4 Å². The summed E-state index contributed by atoms with van der Waals surface area (Å²) in [5.74, 6) is -1.21. The summed E-state index contributed by atoms with van der Waals surface area (Å²) in [5, 5.41) is 10.9. The number of anilines is 1. The van der Waals surface area contributed by atoms with Crippen molar-refractivity contribution in [1.82, 2.24) is 15.1 Å². The van der Waals surface area contributed by atoms with Crippen LogP contribution >= 0.6 is 0 Å². The minimum Gasteiger partial charge on any atom is -0.401 e. The summed E-state index contributed by atoms with van der Waals surface area (Å²) < 4.78 is 29.3. The van der Waals surface area contributed by atoms with Crippen LogP contribution in [0.1, 0.15) is 30.5 Å². The molecule has 0 amide bonds. The third-order valence-electron chi connectivity index (χ3n) is 5.12. The number of fused-ring (bicyclic) bond motifs is 1. The van der Waals surface area contributed by atoms with E-state index in [9.17, 15) is 8.78 Å². The Labute approximate surface area is 168 Å². The van der Waals surface area contributed by atoms with Gasteiger partial charge in [0.05, 0.1) is 23.6 Å². The number of nitrogens with two attached hydrogens (primary N) is 1. The smallest absolute Gasteiger partial charge is 0.149 e. The summed E-state index contributed by atoms with van der Waals surface area (Å²) in [5.41, 5.74) is 11.9. The van der Waals surface area contributed by atoms with Crippen LogP contribution in [0.2, 0.25) is 0 Å². The molecule has 0 bridgehead atoms. The van der Waals surface area contributed by atoms with Gasteiger partial charge in [-0.05, 0) is 42.7 Å². The Hall–Kier alpha value is -3.35. The Morgan fingerprint density at radius 1 is 1.21 bits per heavy atom. The topological polar surface area (TPSA) is 67.9 Å². The van der Waals surface area contributed by atoms with Crippen molar-refractivity contribution >= 4 is 11.4 Å². The SMILES string of the molecule is C/C(N)=C1/NCCC(Nc2ccc(F)cc2F)c2cc(-c3cnn(C)c3)ccc21. The second-order valence-corrected chi connectivity index (χ2v) is 7.30. The van der Waals surface area contributed by atoms with Gasteiger partial charge in [0, 0.05) is 42.7 Å². The molecule has 150 valence electrons. The minimum absolute atomic E-state index is 0.175. The standard InChI is InChI=1S/C22H23F2N5/c1-13(25)22-17-5-3-14(15-11-27-29(2)12-15)9-18(17)20(7-8-26-22)28-21-6-4-16(23)10-19(21)24/h3-6,9-12,20,26,28H,7-8,25H2,1-2H3/b22-13-. The van der Waals surface area contributed by atoms with Crippen molar-refractivity contribution in [1.29, 1.82) is 0 Å². The van der Waals surface area contributed by atoms with E-state index in [2.05, 4.69) is 21.8 Å². The number of nitrogens with one attached hydrogen (secondary N) is 2. The highest BCUT2D eigenvalue weighted by atomic mass is 19.1. The van der Waals surface area contributed by atoms with Crippen LogP contribution in [0.25, 0.3) is 16.8 Å². The van der Waals surface area contributed by atoms with E-state index < -0.39 is 11.6 Å². The lowest BCUT2D eigenvalue weighted by Crippen LogP contribution is -2.17. The van der Waals surface area contributed by atoms with Gasteiger partial charge in [0.15, 0.2) is 0 Å².